The summed E-state index contributed by atoms with van der Waals surface area (Å²) in [7, 11) is 0. The van der Waals surface area contributed by atoms with E-state index >= 15 is 0 Å². The minimum absolute atomic E-state index is 0.150. The summed E-state index contributed by atoms with van der Waals surface area (Å²) in [6, 6.07) is 0. The van der Waals surface area contributed by atoms with Crippen molar-refractivity contribution in [2.24, 2.45) is 0 Å². The summed E-state index contributed by atoms with van der Waals surface area (Å²) in [4.78, 5) is 12.7. The molecule has 1 aliphatic rings. The Morgan fingerprint density at radius 3 is 2.90 bits per heavy atom. The molecule has 1 rings (SSSR count). The summed E-state index contributed by atoms with van der Waals surface area (Å²) < 4.78 is 0. The smallest absolute Gasteiger partial charge is 0.222 e. The van der Waals surface area contributed by atoms with Crippen LogP contribution >= 0.6 is 0 Å². The number of aliphatic hydroxyl groups excluding tert-OH is 1. The standard InChI is InChI=1S/C7H13NO2/c1-2-7(10)8-4-3-6(9)5-8/h6,9H,2-5H2,1H3/t6-/m0/s1. The van der Waals surface area contributed by atoms with Gasteiger partial charge in [0.25, 0.3) is 0 Å². The Balaban J connectivity index is 2.37. The normalized spacial score (nSPS) is 25.4. The molecule has 0 aromatic heterocycles. The van der Waals surface area contributed by atoms with Gasteiger partial charge in [-0.1, -0.05) is 6.92 Å². The molecule has 1 saturated heterocycles. The molecule has 1 fully saturated rings. The number of carbonyl (C=O) groups is 1. The number of amides is 1. The van der Waals surface area contributed by atoms with E-state index in [1.54, 1.807) is 4.90 Å². The average molecular weight is 143 g/mol. The van der Waals surface area contributed by atoms with E-state index in [1.165, 1.54) is 0 Å². The number of β-amino-alcohol motifs (C(OH)–C–C–N with tert-alkyl or cyclic N) is 1. The molecule has 3 nitrogen and oxygen atoms in total. The van der Waals surface area contributed by atoms with Gasteiger partial charge in [0.1, 0.15) is 0 Å². The fourth-order valence-electron chi connectivity index (χ4n) is 1.19. The van der Waals surface area contributed by atoms with Gasteiger partial charge in [0.2, 0.25) is 5.91 Å². The van der Waals surface area contributed by atoms with E-state index in [2.05, 4.69) is 0 Å². The molecule has 1 atom stereocenters. The van der Waals surface area contributed by atoms with Crippen LogP contribution in [-0.4, -0.2) is 35.1 Å². The molecule has 58 valence electrons. The molecule has 0 unspecified atom stereocenters. The van der Waals surface area contributed by atoms with Crippen molar-refractivity contribution in [3.8, 4) is 0 Å². The van der Waals surface area contributed by atoms with E-state index in [9.17, 15) is 4.79 Å². The summed E-state index contributed by atoms with van der Waals surface area (Å²) in [5, 5.41) is 9.05. The Morgan fingerprint density at radius 2 is 2.50 bits per heavy atom. The van der Waals surface area contributed by atoms with Crippen molar-refractivity contribution < 1.29 is 9.90 Å². The molecule has 0 aliphatic carbocycles. The maximum absolute atomic E-state index is 11.0. The van der Waals surface area contributed by atoms with E-state index < -0.39 is 0 Å². The average Bonchev–Trinajstić information content (AvgIpc) is 2.34. The quantitative estimate of drug-likeness (QED) is 0.561. The number of rotatable bonds is 1. The van der Waals surface area contributed by atoms with Gasteiger partial charge in [0.15, 0.2) is 0 Å². The van der Waals surface area contributed by atoms with Gasteiger partial charge in [0, 0.05) is 19.5 Å². The topological polar surface area (TPSA) is 40.5 Å². The molecule has 1 N–H and O–H groups in total. The molecule has 0 aromatic rings. The zero-order valence-electron chi connectivity index (χ0n) is 6.21. The Morgan fingerprint density at radius 1 is 1.80 bits per heavy atom. The first-order chi connectivity index (χ1) is 4.74. The van der Waals surface area contributed by atoms with Gasteiger partial charge in [-0.3, -0.25) is 4.79 Å². The zero-order valence-corrected chi connectivity index (χ0v) is 6.21. The highest BCUT2D eigenvalue weighted by Crippen LogP contribution is 2.09. The second-order valence-electron chi connectivity index (χ2n) is 2.64. The summed E-state index contributed by atoms with van der Waals surface area (Å²) in [5.41, 5.74) is 0. The maximum atomic E-state index is 11.0. The molecule has 1 heterocycles. The second kappa shape index (κ2) is 3.01. The van der Waals surface area contributed by atoms with Crippen molar-refractivity contribution >= 4 is 5.91 Å². The van der Waals surface area contributed by atoms with Crippen molar-refractivity contribution in [2.75, 3.05) is 13.1 Å². The molecule has 0 spiro atoms. The zero-order chi connectivity index (χ0) is 7.56. The molecule has 0 saturated carbocycles. The summed E-state index contributed by atoms with van der Waals surface area (Å²) >= 11 is 0. The Kier molecular flexibility index (Phi) is 2.27. The van der Waals surface area contributed by atoms with Gasteiger partial charge in [-0.25, -0.2) is 0 Å². The number of carbonyl (C=O) groups excluding carboxylic acids is 1. The molecular weight excluding hydrogens is 130 g/mol. The van der Waals surface area contributed by atoms with Crippen LogP contribution in [0.25, 0.3) is 0 Å². The van der Waals surface area contributed by atoms with Crippen LogP contribution in [0.4, 0.5) is 0 Å². The van der Waals surface area contributed by atoms with Gasteiger partial charge in [-0.2, -0.15) is 0 Å². The lowest BCUT2D eigenvalue weighted by Gasteiger charge is -2.13. The summed E-state index contributed by atoms with van der Waals surface area (Å²) in [6.45, 7) is 3.10. The van der Waals surface area contributed by atoms with E-state index in [4.69, 9.17) is 5.11 Å². The van der Waals surface area contributed by atoms with Crippen LogP contribution in [-0.2, 0) is 4.79 Å². The number of hydrogen-bond donors (Lipinski definition) is 1. The monoisotopic (exact) mass is 143 g/mol. The third-order valence-electron chi connectivity index (χ3n) is 1.82. The number of nitrogens with zero attached hydrogens (tertiary/aromatic N) is 1. The predicted octanol–water partition coefficient (Wildman–Crippen LogP) is -0.0104. The molecular formula is C7H13NO2. The van der Waals surface area contributed by atoms with Gasteiger partial charge >= 0.3 is 0 Å². The van der Waals surface area contributed by atoms with Crippen molar-refractivity contribution in [3.63, 3.8) is 0 Å². The third-order valence-corrected chi connectivity index (χ3v) is 1.82. The Labute approximate surface area is 60.6 Å². The third kappa shape index (κ3) is 1.48. The lowest BCUT2D eigenvalue weighted by atomic mass is 10.3. The first-order valence-corrected chi connectivity index (χ1v) is 3.70. The van der Waals surface area contributed by atoms with Crippen molar-refractivity contribution in [2.45, 2.75) is 25.9 Å². The number of aliphatic hydroxyl groups is 1. The highest BCUT2D eigenvalue weighted by Gasteiger charge is 2.22. The minimum Gasteiger partial charge on any atom is -0.391 e. The van der Waals surface area contributed by atoms with Crippen molar-refractivity contribution in [1.82, 2.24) is 4.90 Å². The van der Waals surface area contributed by atoms with E-state index in [1.807, 2.05) is 6.92 Å². The minimum atomic E-state index is -0.282. The maximum Gasteiger partial charge on any atom is 0.222 e. The van der Waals surface area contributed by atoms with Gasteiger partial charge < -0.3 is 10.0 Å². The lowest BCUT2D eigenvalue weighted by molar-refractivity contribution is -0.130. The molecule has 0 radical (unpaired) electrons. The molecule has 3 heteroatoms. The molecule has 1 amide bonds. The second-order valence-corrected chi connectivity index (χ2v) is 2.64. The van der Waals surface area contributed by atoms with Gasteiger partial charge in [0.05, 0.1) is 6.10 Å². The van der Waals surface area contributed by atoms with Crippen molar-refractivity contribution in [3.05, 3.63) is 0 Å². The van der Waals surface area contributed by atoms with Crippen LogP contribution in [0.2, 0.25) is 0 Å². The largest absolute Gasteiger partial charge is 0.391 e. The van der Waals surface area contributed by atoms with Crippen LogP contribution < -0.4 is 0 Å². The van der Waals surface area contributed by atoms with Crippen LogP contribution in [0.5, 0.6) is 0 Å². The highest BCUT2D eigenvalue weighted by molar-refractivity contribution is 5.76. The van der Waals surface area contributed by atoms with E-state index in [0.29, 0.717) is 13.0 Å². The molecule has 10 heavy (non-hydrogen) atoms. The highest BCUT2D eigenvalue weighted by atomic mass is 16.3. The van der Waals surface area contributed by atoms with Crippen LogP contribution in [0, 0.1) is 0 Å². The van der Waals surface area contributed by atoms with Gasteiger partial charge in [-0.05, 0) is 6.42 Å². The first-order valence-electron chi connectivity index (χ1n) is 3.70. The fourth-order valence-corrected chi connectivity index (χ4v) is 1.19. The number of hydrogen-bond acceptors (Lipinski definition) is 2. The molecule has 1 aliphatic heterocycles. The summed E-state index contributed by atoms with van der Waals surface area (Å²) in [6.07, 6.45) is 1.01. The fraction of sp³-hybridized carbons (Fsp3) is 0.857. The van der Waals surface area contributed by atoms with Crippen molar-refractivity contribution in [1.29, 1.82) is 0 Å². The van der Waals surface area contributed by atoms with E-state index in [0.717, 1.165) is 13.0 Å². The Bertz CT molecular complexity index is 136. The van der Waals surface area contributed by atoms with Gasteiger partial charge in [-0.15, -0.1) is 0 Å². The van der Waals surface area contributed by atoms with E-state index in [-0.39, 0.29) is 12.0 Å². The molecule has 0 aromatic carbocycles. The van der Waals surface area contributed by atoms with Crippen LogP contribution in [0.15, 0.2) is 0 Å². The first kappa shape index (κ1) is 7.54. The lowest BCUT2D eigenvalue weighted by Crippen LogP contribution is -2.28. The number of likely N-dealkylation sites (tertiary alicyclic amines) is 1. The SMILES string of the molecule is CCC(=O)N1CC[C@H](O)C1. The Hall–Kier alpha value is -0.570. The van der Waals surface area contributed by atoms with Crippen LogP contribution in [0.3, 0.4) is 0 Å². The predicted molar refractivity (Wildman–Crippen MR) is 37.5 cm³/mol. The molecule has 0 bridgehead atoms. The summed E-state index contributed by atoms with van der Waals surface area (Å²) in [5.74, 6) is 0.150. The van der Waals surface area contributed by atoms with Crippen LogP contribution in [0.1, 0.15) is 19.8 Å².